The van der Waals surface area contributed by atoms with Crippen LogP contribution in [-0.4, -0.2) is 72.2 Å². The van der Waals surface area contributed by atoms with Gasteiger partial charge < -0.3 is 19.9 Å². The Morgan fingerprint density at radius 2 is 2.24 bits per heavy atom. The average Bonchev–Trinajstić information content (AvgIpc) is 2.88. The molecule has 7 heteroatoms. The van der Waals surface area contributed by atoms with E-state index in [0.29, 0.717) is 45.1 Å². The Kier molecular flexibility index (Phi) is 5.86. The summed E-state index contributed by atoms with van der Waals surface area (Å²) in [5, 5.41) is 2.96. The molecule has 0 unspecified atom stereocenters. The summed E-state index contributed by atoms with van der Waals surface area (Å²) in [7, 11) is 0. The molecule has 2 aliphatic rings. The lowest BCUT2D eigenvalue weighted by molar-refractivity contribution is 0.0427. The zero-order chi connectivity index (χ0) is 17.6. The Hall–Kier alpha value is -2.15. The van der Waals surface area contributed by atoms with Crippen molar-refractivity contribution in [3.8, 4) is 0 Å². The number of hydrogen-bond acceptors (Lipinski definition) is 4. The van der Waals surface area contributed by atoms with Gasteiger partial charge in [0, 0.05) is 44.3 Å². The molecule has 0 spiro atoms. The third-order valence-corrected chi connectivity index (χ3v) is 4.86. The van der Waals surface area contributed by atoms with E-state index >= 15 is 0 Å². The molecule has 3 heterocycles. The molecular weight excluding hydrogens is 320 g/mol. The molecule has 2 atom stereocenters. The molecule has 7 nitrogen and oxygen atoms in total. The Labute approximate surface area is 148 Å². The van der Waals surface area contributed by atoms with Gasteiger partial charge in [-0.25, -0.2) is 4.79 Å². The fourth-order valence-electron chi connectivity index (χ4n) is 3.58. The van der Waals surface area contributed by atoms with Gasteiger partial charge in [-0.1, -0.05) is 13.0 Å². The highest BCUT2D eigenvalue weighted by Crippen LogP contribution is 2.26. The van der Waals surface area contributed by atoms with E-state index < -0.39 is 0 Å². The largest absolute Gasteiger partial charge is 0.379 e. The second-order valence-corrected chi connectivity index (χ2v) is 6.58. The highest BCUT2D eigenvalue weighted by atomic mass is 16.5. The number of pyridine rings is 1. The smallest absolute Gasteiger partial charge is 0.317 e. The van der Waals surface area contributed by atoms with Crippen LogP contribution in [0.15, 0.2) is 24.4 Å². The van der Waals surface area contributed by atoms with E-state index in [1.807, 2.05) is 22.8 Å². The fourth-order valence-corrected chi connectivity index (χ4v) is 3.58. The summed E-state index contributed by atoms with van der Waals surface area (Å²) in [5.74, 6) is 0.0848. The zero-order valence-corrected chi connectivity index (χ0v) is 14.7. The van der Waals surface area contributed by atoms with E-state index in [2.05, 4.69) is 10.3 Å². The van der Waals surface area contributed by atoms with E-state index in [-0.39, 0.29) is 23.9 Å². The molecule has 2 fully saturated rings. The molecule has 0 radical (unpaired) electrons. The predicted molar refractivity (Wildman–Crippen MR) is 93.3 cm³/mol. The van der Waals surface area contributed by atoms with Gasteiger partial charge in [0.25, 0.3) is 5.91 Å². The van der Waals surface area contributed by atoms with Crippen molar-refractivity contribution in [3.05, 3.63) is 30.1 Å². The third kappa shape index (κ3) is 4.10. The number of ether oxygens (including phenoxy) is 1. The highest BCUT2D eigenvalue weighted by Gasteiger charge is 2.38. The maximum absolute atomic E-state index is 12.6. The number of carbonyl (C=O) groups excluding carboxylic acids is 2. The number of piperidine rings is 1. The topological polar surface area (TPSA) is 74.8 Å². The van der Waals surface area contributed by atoms with Crippen LogP contribution >= 0.6 is 0 Å². The van der Waals surface area contributed by atoms with Gasteiger partial charge >= 0.3 is 6.03 Å². The van der Waals surface area contributed by atoms with Gasteiger partial charge in [-0.05, 0) is 25.0 Å². The number of aromatic nitrogens is 1. The first-order valence-electron chi connectivity index (χ1n) is 9.03. The van der Waals surface area contributed by atoms with Crippen LogP contribution in [0.3, 0.4) is 0 Å². The first-order valence-corrected chi connectivity index (χ1v) is 9.03. The Bertz CT molecular complexity index is 595. The minimum atomic E-state index is -0.0507. The van der Waals surface area contributed by atoms with Crippen molar-refractivity contribution in [1.82, 2.24) is 20.1 Å². The molecule has 0 aliphatic carbocycles. The van der Waals surface area contributed by atoms with Crippen LogP contribution in [0.25, 0.3) is 0 Å². The van der Waals surface area contributed by atoms with Crippen LogP contribution in [0.1, 0.15) is 30.3 Å². The molecular formula is C18H26N4O3. The minimum Gasteiger partial charge on any atom is -0.379 e. The van der Waals surface area contributed by atoms with Crippen molar-refractivity contribution in [2.75, 3.05) is 39.4 Å². The van der Waals surface area contributed by atoms with Gasteiger partial charge in [-0.2, -0.15) is 0 Å². The number of amides is 3. The van der Waals surface area contributed by atoms with Crippen molar-refractivity contribution >= 4 is 11.9 Å². The summed E-state index contributed by atoms with van der Waals surface area (Å²) in [5.41, 5.74) is 0.466. The van der Waals surface area contributed by atoms with Gasteiger partial charge in [-0.3, -0.25) is 9.78 Å². The molecule has 1 aromatic heterocycles. The van der Waals surface area contributed by atoms with Crippen LogP contribution in [0, 0.1) is 5.92 Å². The van der Waals surface area contributed by atoms with Crippen molar-refractivity contribution in [2.24, 2.45) is 5.92 Å². The Balaban J connectivity index is 1.68. The maximum atomic E-state index is 12.6. The predicted octanol–water partition coefficient (Wildman–Crippen LogP) is 1.36. The lowest BCUT2D eigenvalue weighted by Crippen LogP contribution is -2.56. The molecule has 1 N–H and O–H groups in total. The molecule has 0 aromatic carbocycles. The number of rotatable bonds is 3. The van der Waals surface area contributed by atoms with E-state index in [4.69, 9.17) is 4.74 Å². The standard InChI is InChI=1S/C18H26N4O3/c1-2-7-20-18(24)22-10-11-25-13-14-12-21(9-6-16(14)22)17(23)15-5-3-4-8-19-15/h3-5,8,14,16H,2,6-7,9-13H2,1H3,(H,20,24)/t14-,16-/m1/s1. The van der Waals surface area contributed by atoms with Gasteiger partial charge in [0.1, 0.15) is 5.69 Å². The van der Waals surface area contributed by atoms with E-state index in [9.17, 15) is 9.59 Å². The quantitative estimate of drug-likeness (QED) is 0.897. The van der Waals surface area contributed by atoms with E-state index in [1.165, 1.54) is 0 Å². The second kappa shape index (κ2) is 8.29. The first kappa shape index (κ1) is 17.7. The zero-order valence-electron chi connectivity index (χ0n) is 14.7. The molecule has 0 bridgehead atoms. The summed E-state index contributed by atoms with van der Waals surface area (Å²) >= 11 is 0. The van der Waals surface area contributed by atoms with Crippen molar-refractivity contribution in [3.63, 3.8) is 0 Å². The molecule has 3 amide bonds. The van der Waals surface area contributed by atoms with E-state index in [0.717, 1.165) is 12.8 Å². The first-order chi connectivity index (χ1) is 12.2. The minimum absolute atomic E-state index is 0.0214. The van der Waals surface area contributed by atoms with Crippen LogP contribution in [0.2, 0.25) is 0 Å². The highest BCUT2D eigenvalue weighted by molar-refractivity contribution is 5.92. The average molecular weight is 346 g/mol. The molecule has 1 aromatic rings. The number of likely N-dealkylation sites (tertiary alicyclic amines) is 1. The van der Waals surface area contributed by atoms with Crippen LogP contribution in [-0.2, 0) is 4.74 Å². The fraction of sp³-hybridized carbons (Fsp3) is 0.611. The SMILES string of the molecule is CCCNC(=O)N1CCOC[C@H]2CN(C(=O)c3ccccn3)CC[C@H]21. The Morgan fingerprint density at radius 3 is 3.00 bits per heavy atom. The van der Waals surface area contributed by atoms with Crippen LogP contribution in [0.5, 0.6) is 0 Å². The van der Waals surface area contributed by atoms with Crippen molar-refractivity contribution < 1.29 is 14.3 Å². The molecule has 2 saturated heterocycles. The molecule has 3 rings (SSSR count). The maximum Gasteiger partial charge on any atom is 0.317 e. The number of nitrogens with one attached hydrogen (secondary N) is 1. The molecule has 2 aliphatic heterocycles. The number of fused-ring (bicyclic) bond motifs is 1. The summed E-state index contributed by atoms with van der Waals surface area (Å²) < 4.78 is 5.71. The van der Waals surface area contributed by atoms with Crippen molar-refractivity contribution in [2.45, 2.75) is 25.8 Å². The molecule has 136 valence electrons. The molecule has 0 saturated carbocycles. The number of nitrogens with zero attached hydrogens (tertiary/aromatic N) is 3. The summed E-state index contributed by atoms with van der Waals surface area (Å²) in [6.07, 6.45) is 3.32. The summed E-state index contributed by atoms with van der Waals surface area (Å²) in [4.78, 5) is 33.0. The molecule has 25 heavy (non-hydrogen) atoms. The van der Waals surface area contributed by atoms with Gasteiger partial charge in [0.15, 0.2) is 0 Å². The number of hydrogen-bond donors (Lipinski definition) is 1. The van der Waals surface area contributed by atoms with Crippen LogP contribution < -0.4 is 5.32 Å². The monoisotopic (exact) mass is 346 g/mol. The summed E-state index contributed by atoms with van der Waals surface area (Å²) in [6.45, 7) is 5.67. The second-order valence-electron chi connectivity index (χ2n) is 6.58. The van der Waals surface area contributed by atoms with E-state index in [1.54, 1.807) is 18.3 Å². The van der Waals surface area contributed by atoms with Crippen molar-refractivity contribution in [1.29, 1.82) is 0 Å². The van der Waals surface area contributed by atoms with Gasteiger partial charge in [0.05, 0.1) is 13.2 Å². The van der Waals surface area contributed by atoms with Gasteiger partial charge in [0.2, 0.25) is 0 Å². The Morgan fingerprint density at radius 1 is 1.36 bits per heavy atom. The number of carbonyl (C=O) groups is 2. The third-order valence-electron chi connectivity index (χ3n) is 4.86. The summed E-state index contributed by atoms with van der Waals surface area (Å²) in [6, 6.07) is 5.46. The lowest BCUT2D eigenvalue weighted by Gasteiger charge is -2.41. The van der Waals surface area contributed by atoms with Crippen LogP contribution in [0.4, 0.5) is 4.79 Å². The lowest BCUT2D eigenvalue weighted by atomic mass is 9.91. The number of urea groups is 1. The van der Waals surface area contributed by atoms with Gasteiger partial charge in [-0.15, -0.1) is 0 Å². The normalized spacial score (nSPS) is 23.6.